The van der Waals surface area contributed by atoms with Crippen LogP contribution in [0.15, 0.2) is 66.9 Å². The van der Waals surface area contributed by atoms with Crippen LogP contribution >= 0.6 is 22.9 Å². The van der Waals surface area contributed by atoms with Gasteiger partial charge in [0.25, 0.3) is 0 Å². The highest BCUT2D eigenvalue weighted by Crippen LogP contribution is 2.39. The molecule has 0 N–H and O–H groups in total. The van der Waals surface area contributed by atoms with Gasteiger partial charge in [0.2, 0.25) is 15.9 Å². The van der Waals surface area contributed by atoms with Crippen molar-refractivity contribution in [2.45, 2.75) is 19.1 Å². The smallest absolute Gasteiger partial charge is 0.241 e. The number of aromatic nitrogens is 3. The van der Waals surface area contributed by atoms with Crippen molar-refractivity contribution in [3.8, 4) is 22.2 Å². The van der Waals surface area contributed by atoms with E-state index >= 15 is 0 Å². The fourth-order valence-corrected chi connectivity index (χ4v) is 5.40. The number of hydrogen-bond acceptors (Lipinski definition) is 7. The molecule has 7 nitrogen and oxygen atoms in total. The topological polar surface area (TPSA) is 85.3 Å². The van der Waals surface area contributed by atoms with Crippen LogP contribution in [0.4, 0.5) is 5.69 Å². The Morgan fingerprint density at radius 1 is 1.06 bits per heavy atom. The maximum atomic E-state index is 13.3. The molecule has 0 fully saturated rings. The number of anilines is 1. The molecule has 1 unspecified atom stereocenters. The van der Waals surface area contributed by atoms with Crippen LogP contribution in [0, 0.1) is 6.92 Å². The second-order valence-corrected chi connectivity index (χ2v) is 11.2. The summed E-state index contributed by atoms with van der Waals surface area (Å²) in [5.74, 6) is 0.833. The monoisotopic (exact) mass is 500 g/mol. The third-order valence-electron chi connectivity index (χ3n) is 5.10. The average Bonchev–Trinajstić information content (AvgIpc) is 3.26. The summed E-state index contributed by atoms with van der Waals surface area (Å²) in [5, 5.41) is 9.49. The van der Waals surface area contributed by atoms with Gasteiger partial charge in [-0.05, 0) is 43.7 Å². The minimum atomic E-state index is -3.68. The highest BCUT2D eigenvalue weighted by atomic mass is 35.5. The van der Waals surface area contributed by atoms with Crippen molar-refractivity contribution in [3.05, 3.63) is 82.5 Å². The molecule has 0 spiro atoms. The summed E-state index contributed by atoms with van der Waals surface area (Å²) in [7, 11) is -2.14. The molecule has 170 valence electrons. The molecule has 10 heteroatoms. The minimum absolute atomic E-state index is 0.355. The van der Waals surface area contributed by atoms with E-state index in [0.29, 0.717) is 32.9 Å². The zero-order valence-electron chi connectivity index (χ0n) is 18.1. The SMILES string of the molecule is Cc1nnc(-c2cc(N(C)S(=O)(=O)C(C)c3ccccc3)ccc2Oc2ccc(Cl)cn2)s1. The molecule has 0 aliphatic heterocycles. The number of benzene rings is 2. The lowest BCUT2D eigenvalue weighted by Gasteiger charge is -2.25. The normalized spacial score (nSPS) is 12.4. The van der Waals surface area contributed by atoms with E-state index in [2.05, 4.69) is 15.2 Å². The van der Waals surface area contributed by atoms with Crippen molar-refractivity contribution >= 4 is 38.6 Å². The van der Waals surface area contributed by atoms with Crippen molar-refractivity contribution in [3.63, 3.8) is 0 Å². The number of sulfonamides is 1. The molecular weight excluding hydrogens is 480 g/mol. The van der Waals surface area contributed by atoms with E-state index in [-0.39, 0.29) is 0 Å². The summed E-state index contributed by atoms with van der Waals surface area (Å²) in [4.78, 5) is 4.17. The highest BCUT2D eigenvalue weighted by molar-refractivity contribution is 7.93. The molecule has 0 saturated heterocycles. The first-order chi connectivity index (χ1) is 15.8. The lowest BCUT2D eigenvalue weighted by molar-refractivity contribution is 0.464. The van der Waals surface area contributed by atoms with Crippen LogP contribution in [0.2, 0.25) is 5.02 Å². The number of halogens is 1. The molecule has 0 amide bonds. The number of hydrogen-bond donors (Lipinski definition) is 0. The van der Waals surface area contributed by atoms with E-state index in [9.17, 15) is 8.42 Å². The van der Waals surface area contributed by atoms with Gasteiger partial charge in [-0.15, -0.1) is 10.2 Å². The van der Waals surface area contributed by atoms with Crippen LogP contribution in [-0.2, 0) is 10.0 Å². The van der Waals surface area contributed by atoms with Crippen LogP contribution in [0.3, 0.4) is 0 Å². The molecule has 0 aliphatic carbocycles. The van der Waals surface area contributed by atoms with Crippen molar-refractivity contribution in [2.24, 2.45) is 0 Å². The maximum absolute atomic E-state index is 13.3. The molecule has 0 radical (unpaired) electrons. The second-order valence-electron chi connectivity index (χ2n) is 7.29. The van der Waals surface area contributed by atoms with Crippen molar-refractivity contribution in [2.75, 3.05) is 11.4 Å². The van der Waals surface area contributed by atoms with Gasteiger partial charge in [-0.2, -0.15) is 0 Å². The van der Waals surface area contributed by atoms with Crippen molar-refractivity contribution in [1.29, 1.82) is 0 Å². The quantitative estimate of drug-likeness (QED) is 0.315. The number of ether oxygens (including phenoxy) is 1. The van der Waals surface area contributed by atoms with E-state index in [4.69, 9.17) is 16.3 Å². The number of nitrogens with zero attached hydrogens (tertiary/aromatic N) is 4. The standard InChI is InChI=1S/C23H21ClN4O3S2/c1-15(17-7-5-4-6-8-17)33(29,30)28(3)19-10-11-21(31-22-12-9-18(24)14-25-22)20(13-19)23-27-26-16(2)32-23/h4-15H,1-3H3. The summed E-state index contributed by atoms with van der Waals surface area (Å²) in [6.07, 6.45) is 1.49. The van der Waals surface area contributed by atoms with Gasteiger partial charge in [0, 0.05) is 19.3 Å². The fraction of sp³-hybridized carbons (Fsp3) is 0.174. The zero-order chi connectivity index (χ0) is 23.6. The first-order valence-corrected chi connectivity index (χ1v) is 12.7. The van der Waals surface area contributed by atoms with Gasteiger partial charge in [0.1, 0.15) is 16.0 Å². The first kappa shape index (κ1) is 23.2. The lowest BCUT2D eigenvalue weighted by atomic mass is 10.2. The number of pyridine rings is 1. The minimum Gasteiger partial charge on any atom is -0.438 e. The molecule has 2 aromatic heterocycles. The van der Waals surface area contributed by atoms with E-state index in [1.807, 2.05) is 37.3 Å². The van der Waals surface area contributed by atoms with Gasteiger partial charge in [-0.25, -0.2) is 13.4 Å². The molecular formula is C23H21ClN4O3S2. The maximum Gasteiger partial charge on any atom is 0.241 e. The Labute approximate surface area is 201 Å². The van der Waals surface area contributed by atoms with Crippen LogP contribution in [0.25, 0.3) is 10.6 Å². The molecule has 1 atom stereocenters. The van der Waals surface area contributed by atoms with Crippen LogP contribution < -0.4 is 9.04 Å². The lowest BCUT2D eigenvalue weighted by Crippen LogP contribution is -2.30. The predicted octanol–water partition coefficient (Wildman–Crippen LogP) is 5.88. The summed E-state index contributed by atoms with van der Waals surface area (Å²) in [6, 6.07) is 17.6. The molecule has 4 aromatic rings. The molecule has 0 bridgehead atoms. The van der Waals surface area contributed by atoms with E-state index in [1.165, 1.54) is 21.8 Å². The second kappa shape index (κ2) is 9.46. The van der Waals surface area contributed by atoms with Gasteiger partial charge in [-0.1, -0.05) is 53.3 Å². The Hall–Kier alpha value is -3.01. The van der Waals surface area contributed by atoms with Gasteiger partial charge >= 0.3 is 0 Å². The molecule has 33 heavy (non-hydrogen) atoms. The van der Waals surface area contributed by atoms with E-state index in [1.54, 1.807) is 44.3 Å². The van der Waals surface area contributed by atoms with Crippen LogP contribution in [0.5, 0.6) is 11.6 Å². The molecule has 4 rings (SSSR count). The van der Waals surface area contributed by atoms with Crippen LogP contribution in [0.1, 0.15) is 22.7 Å². The predicted molar refractivity (Wildman–Crippen MR) is 132 cm³/mol. The Bertz CT molecular complexity index is 1360. The summed E-state index contributed by atoms with van der Waals surface area (Å²) in [6.45, 7) is 3.53. The third-order valence-corrected chi connectivity index (χ3v) is 8.33. The number of aryl methyl sites for hydroxylation is 1. The molecule has 2 heterocycles. The number of rotatable bonds is 7. The molecule has 2 aromatic carbocycles. The Kier molecular flexibility index (Phi) is 6.64. The summed E-state index contributed by atoms with van der Waals surface area (Å²) in [5.41, 5.74) is 1.82. The molecule has 0 aliphatic rings. The van der Waals surface area contributed by atoms with Crippen LogP contribution in [-0.4, -0.2) is 30.6 Å². The molecule has 0 saturated carbocycles. The Morgan fingerprint density at radius 3 is 2.45 bits per heavy atom. The van der Waals surface area contributed by atoms with E-state index in [0.717, 1.165) is 10.6 Å². The van der Waals surface area contributed by atoms with Gasteiger partial charge in [0.05, 0.1) is 16.3 Å². The Morgan fingerprint density at radius 2 is 1.82 bits per heavy atom. The largest absolute Gasteiger partial charge is 0.438 e. The third kappa shape index (κ3) is 5.00. The highest BCUT2D eigenvalue weighted by Gasteiger charge is 2.28. The van der Waals surface area contributed by atoms with E-state index < -0.39 is 15.3 Å². The first-order valence-electron chi connectivity index (χ1n) is 10.0. The summed E-state index contributed by atoms with van der Waals surface area (Å²) < 4.78 is 33.9. The fourth-order valence-electron chi connectivity index (χ4n) is 3.19. The van der Waals surface area contributed by atoms with Gasteiger partial charge in [0.15, 0.2) is 5.01 Å². The average molecular weight is 501 g/mol. The zero-order valence-corrected chi connectivity index (χ0v) is 20.5. The van der Waals surface area contributed by atoms with Gasteiger partial charge < -0.3 is 4.74 Å². The van der Waals surface area contributed by atoms with Crippen molar-refractivity contribution < 1.29 is 13.2 Å². The van der Waals surface area contributed by atoms with Gasteiger partial charge in [-0.3, -0.25) is 4.31 Å². The Balaban J connectivity index is 1.72. The summed E-state index contributed by atoms with van der Waals surface area (Å²) >= 11 is 7.30. The van der Waals surface area contributed by atoms with Crippen molar-refractivity contribution in [1.82, 2.24) is 15.2 Å².